The topological polar surface area (TPSA) is 26.3 Å². The van der Waals surface area contributed by atoms with Crippen LogP contribution in [0.25, 0.3) is 0 Å². The summed E-state index contributed by atoms with van der Waals surface area (Å²) >= 11 is 0. The number of carbonyl (C=O) groups excluding carboxylic acids is 1. The maximum atomic E-state index is 11.2. The first-order valence-electron chi connectivity index (χ1n) is 4.87. The molecular weight excluding hydrogens is 152 g/mol. The van der Waals surface area contributed by atoms with Gasteiger partial charge in [0.05, 0.1) is 12.5 Å². The molecule has 1 saturated heterocycles. The fourth-order valence-electron chi connectivity index (χ4n) is 2.70. The van der Waals surface area contributed by atoms with Gasteiger partial charge in [0.15, 0.2) is 0 Å². The molecule has 2 aliphatic rings. The molecule has 4 atom stereocenters. The summed E-state index contributed by atoms with van der Waals surface area (Å²) in [4.78, 5) is 11.2. The molecule has 0 bridgehead atoms. The summed E-state index contributed by atoms with van der Waals surface area (Å²) in [6, 6.07) is 0. The lowest BCUT2D eigenvalue weighted by molar-refractivity contribution is -0.159. The van der Waals surface area contributed by atoms with Gasteiger partial charge in [-0.05, 0) is 24.2 Å². The highest BCUT2D eigenvalue weighted by atomic mass is 16.5. The zero-order valence-corrected chi connectivity index (χ0v) is 7.75. The molecule has 68 valence electrons. The van der Waals surface area contributed by atoms with Crippen LogP contribution >= 0.6 is 0 Å². The number of hydrogen-bond acceptors (Lipinski definition) is 2. The average Bonchev–Trinajstić information content (AvgIpc) is 2.41. The predicted molar refractivity (Wildman–Crippen MR) is 45.5 cm³/mol. The quantitative estimate of drug-likeness (QED) is 0.516. The van der Waals surface area contributed by atoms with Crippen LogP contribution in [0.4, 0.5) is 0 Å². The molecule has 2 rings (SSSR count). The van der Waals surface area contributed by atoms with Crippen LogP contribution in [0.1, 0.15) is 26.7 Å². The monoisotopic (exact) mass is 168 g/mol. The molecule has 12 heavy (non-hydrogen) atoms. The van der Waals surface area contributed by atoms with Crippen molar-refractivity contribution in [1.82, 2.24) is 0 Å². The Balaban J connectivity index is 2.14. The van der Waals surface area contributed by atoms with Crippen LogP contribution in [0.5, 0.6) is 0 Å². The van der Waals surface area contributed by atoms with Gasteiger partial charge in [-0.1, -0.05) is 20.3 Å². The molecule has 1 saturated carbocycles. The van der Waals surface area contributed by atoms with E-state index in [0.717, 1.165) is 5.92 Å². The molecule has 0 aromatic heterocycles. The molecular formula is C10H16O2. The van der Waals surface area contributed by atoms with Crippen molar-refractivity contribution >= 4 is 5.97 Å². The number of fused-ring (bicyclic) bond motifs is 1. The third-order valence-electron chi connectivity index (χ3n) is 3.67. The Morgan fingerprint density at radius 1 is 1.25 bits per heavy atom. The van der Waals surface area contributed by atoms with Crippen LogP contribution in [0, 0.1) is 23.7 Å². The molecule has 1 heterocycles. The summed E-state index contributed by atoms with van der Waals surface area (Å²) in [5.74, 6) is 2.18. The first-order valence-corrected chi connectivity index (χ1v) is 4.87. The van der Waals surface area contributed by atoms with Crippen molar-refractivity contribution < 1.29 is 9.53 Å². The van der Waals surface area contributed by atoms with E-state index in [2.05, 4.69) is 6.92 Å². The first-order chi connectivity index (χ1) is 5.70. The second-order valence-corrected chi connectivity index (χ2v) is 4.30. The van der Waals surface area contributed by atoms with Gasteiger partial charge in [0, 0.05) is 0 Å². The lowest BCUT2D eigenvalue weighted by Crippen LogP contribution is -2.36. The maximum absolute atomic E-state index is 11.2. The highest BCUT2D eigenvalue weighted by Gasteiger charge is 2.43. The van der Waals surface area contributed by atoms with Crippen LogP contribution in [0.15, 0.2) is 0 Å². The minimum absolute atomic E-state index is 0.0188. The molecule has 1 aliphatic carbocycles. The SMILES string of the molecule is C[C@@H]1C(=O)OC[C@H]2[C@@H]1CC[C@@H]2C. The maximum Gasteiger partial charge on any atom is 0.308 e. The van der Waals surface area contributed by atoms with Gasteiger partial charge in [0.1, 0.15) is 0 Å². The lowest BCUT2D eigenvalue weighted by Gasteiger charge is -2.31. The van der Waals surface area contributed by atoms with E-state index in [-0.39, 0.29) is 11.9 Å². The Morgan fingerprint density at radius 2 is 2.00 bits per heavy atom. The summed E-state index contributed by atoms with van der Waals surface area (Å²) in [6.45, 7) is 4.96. The molecule has 0 amide bonds. The van der Waals surface area contributed by atoms with E-state index in [1.807, 2.05) is 6.92 Å². The molecule has 0 unspecified atom stereocenters. The van der Waals surface area contributed by atoms with Crippen molar-refractivity contribution in [1.29, 1.82) is 0 Å². The number of ether oxygens (including phenoxy) is 1. The van der Waals surface area contributed by atoms with E-state index in [1.165, 1.54) is 12.8 Å². The van der Waals surface area contributed by atoms with Crippen molar-refractivity contribution in [3.05, 3.63) is 0 Å². The Labute approximate surface area is 73.3 Å². The molecule has 0 N–H and O–H groups in total. The Hall–Kier alpha value is -0.530. The van der Waals surface area contributed by atoms with Gasteiger partial charge >= 0.3 is 5.97 Å². The van der Waals surface area contributed by atoms with Crippen LogP contribution in [-0.4, -0.2) is 12.6 Å². The zero-order valence-electron chi connectivity index (χ0n) is 7.75. The minimum Gasteiger partial charge on any atom is -0.465 e. The van der Waals surface area contributed by atoms with Crippen LogP contribution in [-0.2, 0) is 9.53 Å². The summed E-state index contributed by atoms with van der Waals surface area (Å²) in [7, 11) is 0. The average molecular weight is 168 g/mol. The van der Waals surface area contributed by atoms with Gasteiger partial charge in [-0.2, -0.15) is 0 Å². The summed E-state index contributed by atoms with van der Waals surface area (Å²) in [6.07, 6.45) is 2.50. The molecule has 0 radical (unpaired) electrons. The van der Waals surface area contributed by atoms with Crippen molar-refractivity contribution in [2.24, 2.45) is 23.7 Å². The fourth-order valence-corrected chi connectivity index (χ4v) is 2.70. The second-order valence-electron chi connectivity index (χ2n) is 4.30. The normalized spacial score (nSPS) is 47.0. The Bertz CT molecular complexity index is 200. The molecule has 0 aromatic carbocycles. The Morgan fingerprint density at radius 3 is 2.75 bits per heavy atom. The third kappa shape index (κ3) is 1.05. The minimum atomic E-state index is 0.0188. The standard InChI is InChI=1S/C10H16O2/c1-6-3-4-8-7(2)10(11)12-5-9(6)8/h6-9H,3-5H2,1-2H3/t6-,7-,8+,9+/m0/s1. The van der Waals surface area contributed by atoms with Gasteiger partial charge in [-0.15, -0.1) is 0 Å². The van der Waals surface area contributed by atoms with E-state index >= 15 is 0 Å². The largest absolute Gasteiger partial charge is 0.465 e. The van der Waals surface area contributed by atoms with Crippen molar-refractivity contribution in [3.63, 3.8) is 0 Å². The smallest absolute Gasteiger partial charge is 0.308 e. The van der Waals surface area contributed by atoms with E-state index < -0.39 is 0 Å². The zero-order chi connectivity index (χ0) is 8.72. The molecule has 2 fully saturated rings. The predicted octanol–water partition coefficient (Wildman–Crippen LogP) is 1.84. The molecule has 0 spiro atoms. The van der Waals surface area contributed by atoms with Crippen molar-refractivity contribution in [3.8, 4) is 0 Å². The summed E-state index contributed by atoms with van der Waals surface area (Å²) in [5, 5.41) is 0. The lowest BCUT2D eigenvalue weighted by atomic mass is 9.81. The number of rotatable bonds is 0. The Kier molecular flexibility index (Phi) is 1.85. The summed E-state index contributed by atoms with van der Waals surface area (Å²) in [5.41, 5.74) is 0. The van der Waals surface area contributed by atoms with E-state index in [0.29, 0.717) is 18.4 Å². The molecule has 2 heteroatoms. The van der Waals surface area contributed by atoms with Crippen LogP contribution < -0.4 is 0 Å². The van der Waals surface area contributed by atoms with Crippen molar-refractivity contribution in [2.75, 3.05) is 6.61 Å². The third-order valence-corrected chi connectivity index (χ3v) is 3.67. The number of esters is 1. The number of carbonyl (C=O) groups is 1. The molecule has 2 nitrogen and oxygen atoms in total. The van der Waals surface area contributed by atoms with Gasteiger partial charge in [0.25, 0.3) is 0 Å². The van der Waals surface area contributed by atoms with E-state index in [4.69, 9.17) is 4.74 Å². The summed E-state index contributed by atoms with van der Waals surface area (Å²) < 4.78 is 5.14. The molecule has 0 aromatic rings. The van der Waals surface area contributed by atoms with Crippen LogP contribution in [0.3, 0.4) is 0 Å². The van der Waals surface area contributed by atoms with Crippen LogP contribution in [0.2, 0.25) is 0 Å². The molecule has 1 aliphatic heterocycles. The highest BCUT2D eigenvalue weighted by Crippen LogP contribution is 2.43. The van der Waals surface area contributed by atoms with E-state index in [9.17, 15) is 4.79 Å². The van der Waals surface area contributed by atoms with Gasteiger partial charge in [-0.3, -0.25) is 4.79 Å². The van der Waals surface area contributed by atoms with E-state index in [1.54, 1.807) is 0 Å². The number of cyclic esters (lactones) is 1. The first kappa shape index (κ1) is 8.09. The van der Waals surface area contributed by atoms with Gasteiger partial charge < -0.3 is 4.74 Å². The number of hydrogen-bond donors (Lipinski definition) is 0. The van der Waals surface area contributed by atoms with Gasteiger partial charge in [-0.25, -0.2) is 0 Å². The fraction of sp³-hybridized carbons (Fsp3) is 0.900. The highest BCUT2D eigenvalue weighted by molar-refractivity contribution is 5.73. The van der Waals surface area contributed by atoms with Crippen molar-refractivity contribution in [2.45, 2.75) is 26.7 Å². The van der Waals surface area contributed by atoms with Gasteiger partial charge in [0.2, 0.25) is 0 Å². The second kappa shape index (κ2) is 2.75.